The molecule has 0 radical (unpaired) electrons. The Balaban J connectivity index is 1.92. The van der Waals surface area contributed by atoms with Crippen LogP contribution in [0.1, 0.15) is 24.1 Å². The maximum Gasteiger partial charge on any atom is 0.300 e. The quantitative estimate of drug-likeness (QED) is 0.265. The molecule has 0 aliphatic carbocycles. The number of nitrogens with zero attached hydrogens (tertiary/aromatic N) is 1. The number of hydrogen-bond donors (Lipinski definition) is 2. The summed E-state index contributed by atoms with van der Waals surface area (Å²) in [4.78, 5) is 39.2. The number of rotatable bonds is 5. The molecular weight excluding hydrogens is 491 g/mol. The molecule has 9 heteroatoms. The first-order valence-electron chi connectivity index (χ1n) is 10.5. The average Bonchev–Trinajstić information content (AvgIpc) is 3.10. The summed E-state index contributed by atoms with van der Waals surface area (Å²) >= 11 is 12.1. The van der Waals surface area contributed by atoms with Gasteiger partial charge in [0.25, 0.3) is 11.7 Å². The first-order chi connectivity index (χ1) is 16.7. The second kappa shape index (κ2) is 9.82. The van der Waals surface area contributed by atoms with Gasteiger partial charge in [0.15, 0.2) is 0 Å². The van der Waals surface area contributed by atoms with E-state index in [4.69, 9.17) is 27.9 Å². The summed E-state index contributed by atoms with van der Waals surface area (Å²) < 4.78 is 5.50. The molecule has 35 heavy (non-hydrogen) atoms. The van der Waals surface area contributed by atoms with Gasteiger partial charge in [-0.2, -0.15) is 0 Å². The number of hydrogen-bond acceptors (Lipinski definition) is 5. The smallest absolute Gasteiger partial charge is 0.300 e. The van der Waals surface area contributed by atoms with Crippen molar-refractivity contribution in [3.63, 3.8) is 0 Å². The molecule has 1 unspecified atom stereocenters. The van der Waals surface area contributed by atoms with Crippen LogP contribution in [0.2, 0.25) is 10.0 Å². The number of anilines is 2. The molecule has 1 aliphatic heterocycles. The van der Waals surface area contributed by atoms with Crippen LogP contribution in [0.4, 0.5) is 11.4 Å². The van der Waals surface area contributed by atoms with Crippen LogP contribution in [0, 0.1) is 0 Å². The van der Waals surface area contributed by atoms with Gasteiger partial charge < -0.3 is 15.2 Å². The lowest BCUT2D eigenvalue weighted by molar-refractivity contribution is -0.132. The minimum atomic E-state index is -0.993. The van der Waals surface area contributed by atoms with Crippen LogP contribution < -0.4 is 15.0 Å². The van der Waals surface area contributed by atoms with Crippen molar-refractivity contribution in [3.8, 4) is 5.75 Å². The molecule has 178 valence electrons. The largest absolute Gasteiger partial charge is 0.507 e. The van der Waals surface area contributed by atoms with Gasteiger partial charge >= 0.3 is 0 Å². The van der Waals surface area contributed by atoms with Crippen molar-refractivity contribution in [2.75, 3.05) is 17.3 Å². The third kappa shape index (κ3) is 4.60. The lowest BCUT2D eigenvalue weighted by atomic mass is 9.94. The van der Waals surface area contributed by atoms with Gasteiger partial charge in [0.1, 0.15) is 11.5 Å². The van der Waals surface area contributed by atoms with E-state index in [1.54, 1.807) is 48.5 Å². The zero-order chi connectivity index (χ0) is 25.3. The molecule has 0 aromatic heterocycles. The topological polar surface area (TPSA) is 95.9 Å². The first-order valence-corrected chi connectivity index (χ1v) is 11.3. The van der Waals surface area contributed by atoms with Gasteiger partial charge in [-0.05, 0) is 48.5 Å². The Hall–Kier alpha value is -3.81. The van der Waals surface area contributed by atoms with E-state index in [9.17, 15) is 19.5 Å². The third-order valence-electron chi connectivity index (χ3n) is 5.54. The number of benzene rings is 3. The molecule has 3 aromatic carbocycles. The van der Waals surface area contributed by atoms with Gasteiger partial charge in [0, 0.05) is 29.4 Å². The summed E-state index contributed by atoms with van der Waals surface area (Å²) in [5.74, 6) is -1.89. The maximum absolute atomic E-state index is 13.3. The number of para-hydroxylation sites is 1. The van der Waals surface area contributed by atoms with Crippen LogP contribution in [0.3, 0.4) is 0 Å². The number of carbonyl (C=O) groups is 3. The summed E-state index contributed by atoms with van der Waals surface area (Å²) in [5, 5.41) is 14.3. The van der Waals surface area contributed by atoms with Crippen molar-refractivity contribution in [3.05, 3.63) is 93.5 Å². The van der Waals surface area contributed by atoms with Crippen molar-refractivity contribution in [2.45, 2.75) is 13.0 Å². The molecular formula is C26H20Cl2N2O5. The number of aliphatic hydroxyl groups is 1. The van der Waals surface area contributed by atoms with Crippen molar-refractivity contribution in [1.29, 1.82) is 0 Å². The van der Waals surface area contributed by atoms with Crippen molar-refractivity contribution >= 4 is 57.9 Å². The van der Waals surface area contributed by atoms with E-state index in [0.717, 1.165) is 0 Å². The van der Waals surface area contributed by atoms with Crippen LogP contribution in [-0.2, 0) is 14.4 Å². The highest BCUT2D eigenvalue weighted by molar-refractivity contribution is 6.52. The van der Waals surface area contributed by atoms with Gasteiger partial charge in [-0.25, -0.2) is 0 Å². The molecule has 3 aromatic rings. The molecule has 0 saturated carbocycles. The Labute approximate surface area is 211 Å². The number of carbonyl (C=O) groups excluding carboxylic acids is 3. The summed E-state index contributed by atoms with van der Waals surface area (Å²) in [5.41, 5.74) is 1.54. The Bertz CT molecular complexity index is 1370. The van der Waals surface area contributed by atoms with E-state index in [2.05, 4.69) is 5.32 Å². The number of amides is 2. The molecule has 4 rings (SSSR count). The molecule has 0 spiro atoms. The summed E-state index contributed by atoms with van der Waals surface area (Å²) in [6.07, 6.45) is 0. The van der Waals surface area contributed by atoms with E-state index in [-0.39, 0.29) is 27.1 Å². The summed E-state index contributed by atoms with van der Waals surface area (Å²) in [6.45, 7) is 1.39. The number of halogens is 2. The van der Waals surface area contributed by atoms with Crippen LogP contribution >= 0.6 is 23.2 Å². The Kier molecular flexibility index (Phi) is 6.82. The lowest BCUT2D eigenvalue weighted by Gasteiger charge is -2.26. The van der Waals surface area contributed by atoms with E-state index in [1.807, 2.05) is 0 Å². The zero-order valence-electron chi connectivity index (χ0n) is 18.7. The van der Waals surface area contributed by atoms with Crippen LogP contribution in [-0.4, -0.2) is 29.8 Å². The predicted molar refractivity (Wildman–Crippen MR) is 135 cm³/mol. The number of nitrogens with one attached hydrogen (secondary N) is 1. The Morgan fingerprint density at radius 3 is 2.31 bits per heavy atom. The monoisotopic (exact) mass is 510 g/mol. The van der Waals surface area contributed by atoms with Crippen molar-refractivity contribution < 1.29 is 24.2 Å². The molecule has 7 nitrogen and oxygen atoms in total. The number of methoxy groups -OCH3 is 1. The number of ether oxygens (including phenoxy) is 1. The average molecular weight is 511 g/mol. The highest BCUT2D eigenvalue weighted by Gasteiger charge is 2.47. The first kappa shape index (κ1) is 24.3. The summed E-state index contributed by atoms with van der Waals surface area (Å²) in [7, 11) is 1.48. The lowest BCUT2D eigenvalue weighted by Crippen LogP contribution is -2.29. The molecule has 1 saturated heterocycles. The van der Waals surface area contributed by atoms with E-state index in [0.29, 0.717) is 22.7 Å². The minimum Gasteiger partial charge on any atom is -0.507 e. The second-order valence-electron chi connectivity index (χ2n) is 7.77. The van der Waals surface area contributed by atoms with Gasteiger partial charge in [-0.15, -0.1) is 0 Å². The van der Waals surface area contributed by atoms with Gasteiger partial charge in [-0.3, -0.25) is 19.3 Å². The van der Waals surface area contributed by atoms with Crippen LogP contribution in [0.15, 0.2) is 72.3 Å². The van der Waals surface area contributed by atoms with Crippen LogP contribution in [0.5, 0.6) is 5.75 Å². The third-order valence-corrected chi connectivity index (χ3v) is 6.28. The highest BCUT2D eigenvalue weighted by Crippen LogP contribution is 2.45. The molecule has 0 bridgehead atoms. The van der Waals surface area contributed by atoms with Gasteiger partial charge in [0.05, 0.1) is 28.8 Å². The standard InChI is InChI=1S/C26H20Cl2N2O5/c1-14(31)29-16-8-10-17(11-9-16)30-23(18-5-3-4-6-21(18)35-2)22(25(33)26(30)34)24(32)15-7-12-19(27)20(28)13-15/h3-13,23,32H,1-2H3,(H,29,31)/b24-22+. The SMILES string of the molecule is COc1ccccc1C1/C(=C(\O)c2ccc(Cl)c(Cl)c2)C(=O)C(=O)N1c1ccc(NC(C)=O)cc1. The van der Waals surface area contributed by atoms with E-state index < -0.39 is 23.5 Å². The second-order valence-corrected chi connectivity index (χ2v) is 8.58. The molecule has 2 N–H and O–H groups in total. The van der Waals surface area contributed by atoms with Crippen molar-refractivity contribution in [2.24, 2.45) is 0 Å². The fourth-order valence-corrected chi connectivity index (χ4v) is 4.29. The molecule has 1 atom stereocenters. The normalized spacial score (nSPS) is 16.9. The van der Waals surface area contributed by atoms with E-state index >= 15 is 0 Å². The van der Waals surface area contributed by atoms with Crippen LogP contribution in [0.25, 0.3) is 5.76 Å². The number of Topliss-reactive ketones (excluding diaryl/α,β-unsaturated/α-hetero) is 1. The molecule has 1 heterocycles. The predicted octanol–water partition coefficient (Wildman–Crippen LogP) is 5.59. The Morgan fingerprint density at radius 2 is 1.69 bits per heavy atom. The minimum absolute atomic E-state index is 0.121. The highest BCUT2D eigenvalue weighted by atomic mass is 35.5. The number of ketones is 1. The molecule has 1 fully saturated rings. The maximum atomic E-state index is 13.3. The summed E-state index contributed by atoms with van der Waals surface area (Å²) in [6, 6.07) is 16.8. The Morgan fingerprint density at radius 1 is 1.00 bits per heavy atom. The zero-order valence-corrected chi connectivity index (χ0v) is 20.2. The fraction of sp³-hybridized carbons (Fsp3) is 0.115. The van der Waals surface area contributed by atoms with Gasteiger partial charge in [0.2, 0.25) is 5.91 Å². The molecule has 2 amide bonds. The van der Waals surface area contributed by atoms with E-state index in [1.165, 1.54) is 37.1 Å². The number of aliphatic hydroxyl groups excluding tert-OH is 1. The van der Waals surface area contributed by atoms with Crippen molar-refractivity contribution in [1.82, 2.24) is 0 Å². The molecule has 1 aliphatic rings. The fourth-order valence-electron chi connectivity index (χ4n) is 3.99. The van der Waals surface area contributed by atoms with Gasteiger partial charge in [-0.1, -0.05) is 41.4 Å².